The average Bonchev–Trinajstić information content (AvgIpc) is 3.11. The monoisotopic (exact) mass is 426 g/mol. The number of hydrogen-bond acceptors (Lipinski definition) is 4. The fourth-order valence-electron chi connectivity index (χ4n) is 4.48. The third-order valence-corrected chi connectivity index (χ3v) is 8.84. The molecule has 158 valence electrons. The smallest absolute Gasteiger partial charge is 0.230 e. The zero-order valence-corrected chi connectivity index (χ0v) is 19.2. The van der Waals surface area contributed by atoms with Crippen LogP contribution >= 0.6 is 11.3 Å². The van der Waals surface area contributed by atoms with Crippen LogP contribution in [0.5, 0.6) is 0 Å². The van der Waals surface area contributed by atoms with Gasteiger partial charge in [0.2, 0.25) is 15.9 Å². The minimum Gasteiger partial charge on any atom is -0.301 e. The van der Waals surface area contributed by atoms with Crippen molar-refractivity contribution in [2.45, 2.75) is 71.3 Å². The summed E-state index contributed by atoms with van der Waals surface area (Å²) in [5, 5.41) is 1.04. The molecule has 1 saturated heterocycles. The van der Waals surface area contributed by atoms with E-state index in [1.54, 1.807) is 15.6 Å². The maximum absolute atomic E-state index is 13.2. The summed E-state index contributed by atoms with van der Waals surface area (Å²) in [5.74, 6) is 1.56. The molecule has 5 nitrogen and oxygen atoms in total. The maximum Gasteiger partial charge on any atom is 0.230 e. The Labute approximate surface area is 174 Å². The van der Waals surface area contributed by atoms with Crippen LogP contribution in [0.3, 0.4) is 0 Å². The predicted molar refractivity (Wildman–Crippen MR) is 116 cm³/mol. The molecule has 0 atom stereocenters. The van der Waals surface area contributed by atoms with Gasteiger partial charge in [0.15, 0.2) is 0 Å². The molecule has 0 bridgehead atoms. The highest BCUT2D eigenvalue weighted by Gasteiger charge is 2.32. The quantitative estimate of drug-likeness (QED) is 0.699. The second-order valence-electron chi connectivity index (χ2n) is 8.87. The van der Waals surface area contributed by atoms with E-state index >= 15 is 0 Å². The molecule has 28 heavy (non-hydrogen) atoms. The highest BCUT2D eigenvalue weighted by molar-refractivity contribution is 7.88. The van der Waals surface area contributed by atoms with Gasteiger partial charge in [-0.1, -0.05) is 6.92 Å². The van der Waals surface area contributed by atoms with Crippen LogP contribution < -0.4 is 4.90 Å². The largest absolute Gasteiger partial charge is 0.301 e. The Hall–Kier alpha value is -0.920. The van der Waals surface area contributed by atoms with Gasteiger partial charge in [0.05, 0.1) is 11.3 Å². The first-order valence-electron chi connectivity index (χ1n) is 10.5. The molecular formula is C21H34N2O3S2. The number of anilines is 1. The highest BCUT2D eigenvalue weighted by atomic mass is 32.2. The van der Waals surface area contributed by atoms with Crippen molar-refractivity contribution < 1.29 is 13.2 Å². The number of piperidine rings is 1. The molecule has 0 aromatic carbocycles. The molecule has 1 aromatic rings. The van der Waals surface area contributed by atoms with Crippen LogP contribution in [0.15, 0.2) is 12.1 Å². The molecule has 1 aliphatic heterocycles. The summed E-state index contributed by atoms with van der Waals surface area (Å²) in [6, 6.07) is 4.38. The van der Waals surface area contributed by atoms with Crippen molar-refractivity contribution in [1.29, 1.82) is 0 Å². The van der Waals surface area contributed by atoms with E-state index in [-0.39, 0.29) is 17.9 Å². The summed E-state index contributed by atoms with van der Waals surface area (Å²) in [4.78, 5) is 16.5. The van der Waals surface area contributed by atoms with Crippen LogP contribution in [0.25, 0.3) is 0 Å². The molecule has 1 aromatic heterocycles. The van der Waals surface area contributed by atoms with Crippen LogP contribution in [0.2, 0.25) is 0 Å². The third kappa shape index (κ3) is 4.97. The van der Waals surface area contributed by atoms with Gasteiger partial charge in [-0.2, -0.15) is 0 Å². The number of sulfonamides is 1. The van der Waals surface area contributed by atoms with E-state index in [2.05, 4.69) is 32.9 Å². The van der Waals surface area contributed by atoms with Crippen molar-refractivity contribution >= 4 is 32.3 Å². The van der Waals surface area contributed by atoms with Crippen molar-refractivity contribution in [2.24, 2.45) is 11.8 Å². The lowest BCUT2D eigenvalue weighted by Crippen LogP contribution is -2.41. The fourth-order valence-corrected chi connectivity index (χ4v) is 6.67. The molecule has 2 fully saturated rings. The van der Waals surface area contributed by atoms with Crippen LogP contribution in [0.4, 0.5) is 5.00 Å². The molecule has 3 rings (SSSR count). The Kier molecular flexibility index (Phi) is 6.88. The Morgan fingerprint density at radius 3 is 2.25 bits per heavy atom. The second kappa shape index (κ2) is 8.84. The number of amides is 1. The van der Waals surface area contributed by atoms with Crippen molar-refractivity contribution in [2.75, 3.05) is 24.2 Å². The number of rotatable bonds is 5. The normalized spacial score (nSPS) is 25.2. The van der Waals surface area contributed by atoms with E-state index in [0.29, 0.717) is 19.0 Å². The molecule has 1 aliphatic carbocycles. The van der Waals surface area contributed by atoms with Gasteiger partial charge in [-0.05, 0) is 76.3 Å². The van der Waals surface area contributed by atoms with Crippen LogP contribution in [0.1, 0.15) is 70.1 Å². The number of carbonyl (C=O) groups excluding carboxylic acids is 1. The lowest BCUT2D eigenvalue weighted by Gasteiger charge is -2.33. The van der Waals surface area contributed by atoms with Crippen molar-refractivity contribution in [3.8, 4) is 0 Å². The van der Waals surface area contributed by atoms with Gasteiger partial charge in [0.25, 0.3) is 0 Å². The standard InChI is InChI=1S/C21H34N2O3S2/c1-15(2)23(21(24)18-7-5-16(3)6-8-18)20-10-9-19(27-20)17-11-13-22(14-12-17)28(4,25)26/h9-10,15-18H,5-8,11-14H2,1-4H3. The molecule has 2 aliphatic rings. The Morgan fingerprint density at radius 2 is 1.71 bits per heavy atom. The van der Waals surface area contributed by atoms with Crippen LogP contribution in [0, 0.1) is 11.8 Å². The van der Waals surface area contributed by atoms with Crippen LogP contribution in [-0.4, -0.2) is 44.0 Å². The summed E-state index contributed by atoms with van der Waals surface area (Å²) >= 11 is 1.71. The summed E-state index contributed by atoms with van der Waals surface area (Å²) in [6.07, 6.45) is 7.30. The Morgan fingerprint density at radius 1 is 1.11 bits per heavy atom. The lowest BCUT2D eigenvalue weighted by atomic mass is 9.82. The number of thiophene rings is 1. The summed E-state index contributed by atoms with van der Waals surface area (Å²) < 4.78 is 25.0. The summed E-state index contributed by atoms with van der Waals surface area (Å²) in [6.45, 7) is 7.63. The average molecular weight is 427 g/mol. The first kappa shape index (κ1) is 21.8. The summed E-state index contributed by atoms with van der Waals surface area (Å²) in [7, 11) is -3.09. The first-order valence-corrected chi connectivity index (χ1v) is 13.2. The zero-order valence-electron chi connectivity index (χ0n) is 17.6. The number of nitrogens with zero attached hydrogens (tertiary/aromatic N) is 2. The second-order valence-corrected chi connectivity index (χ2v) is 11.9. The number of carbonyl (C=O) groups is 1. The molecule has 0 spiro atoms. The topological polar surface area (TPSA) is 57.7 Å². The Balaban J connectivity index is 1.69. The lowest BCUT2D eigenvalue weighted by molar-refractivity contribution is -0.123. The van der Waals surface area contributed by atoms with E-state index in [0.717, 1.165) is 49.4 Å². The zero-order chi connectivity index (χ0) is 20.5. The summed E-state index contributed by atoms with van der Waals surface area (Å²) in [5.41, 5.74) is 0. The van der Waals surface area contributed by atoms with Gasteiger partial charge >= 0.3 is 0 Å². The number of hydrogen-bond donors (Lipinski definition) is 0. The first-order chi connectivity index (χ1) is 13.2. The van der Waals surface area contributed by atoms with E-state index in [1.807, 2.05) is 4.90 Å². The van der Waals surface area contributed by atoms with E-state index in [1.165, 1.54) is 11.1 Å². The highest BCUT2D eigenvalue weighted by Crippen LogP contribution is 2.39. The molecule has 0 unspecified atom stereocenters. The van der Waals surface area contributed by atoms with Gasteiger partial charge in [0, 0.05) is 29.9 Å². The molecular weight excluding hydrogens is 392 g/mol. The Bertz CT molecular complexity index is 771. The fraction of sp³-hybridized carbons (Fsp3) is 0.762. The maximum atomic E-state index is 13.2. The molecule has 0 N–H and O–H groups in total. The van der Waals surface area contributed by atoms with Crippen molar-refractivity contribution in [3.05, 3.63) is 17.0 Å². The van der Waals surface area contributed by atoms with Gasteiger partial charge in [-0.3, -0.25) is 4.79 Å². The SMILES string of the molecule is CC1CCC(C(=O)N(c2ccc(C3CCN(S(C)(=O)=O)CC3)s2)C(C)C)CC1. The minimum absolute atomic E-state index is 0.144. The molecule has 7 heteroatoms. The van der Waals surface area contributed by atoms with E-state index < -0.39 is 10.0 Å². The van der Waals surface area contributed by atoms with Gasteiger partial charge in [-0.25, -0.2) is 12.7 Å². The minimum atomic E-state index is -3.09. The molecule has 0 radical (unpaired) electrons. The van der Waals surface area contributed by atoms with Gasteiger partial charge < -0.3 is 4.90 Å². The molecule has 1 amide bonds. The van der Waals surface area contributed by atoms with Crippen molar-refractivity contribution in [1.82, 2.24) is 4.31 Å². The molecule has 1 saturated carbocycles. The van der Waals surface area contributed by atoms with Crippen molar-refractivity contribution in [3.63, 3.8) is 0 Å². The molecule has 2 heterocycles. The van der Waals surface area contributed by atoms with Crippen LogP contribution in [-0.2, 0) is 14.8 Å². The van der Waals surface area contributed by atoms with Gasteiger partial charge in [0.1, 0.15) is 0 Å². The third-order valence-electron chi connectivity index (χ3n) is 6.29. The van der Waals surface area contributed by atoms with Gasteiger partial charge in [-0.15, -0.1) is 11.3 Å². The van der Waals surface area contributed by atoms with E-state index in [4.69, 9.17) is 0 Å². The van der Waals surface area contributed by atoms with E-state index in [9.17, 15) is 13.2 Å². The predicted octanol–water partition coefficient (Wildman–Crippen LogP) is 4.45.